The topological polar surface area (TPSA) is 42.0 Å². The molecule has 0 amide bonds. The van der Waals surface area contributed by atoms with Gasteiger partial charge < -0.3 is 5.32 Å². The second kappa shape index (κ2) is 5.98. The van der Waals surface area contributed by atoms with Crippen molar-refractivity contribution in [1.82, 2.24) is 10.3 Å². The van der Waals surface area contributed by atoms with Gasteiger partial charge in [0.1, 0.15) is 0 Å². The summed E-state index contributed by atoms with van der Waals surface area (Å²) in [6, 6.07) is 4.24. The molecule has 1 rings (SSSR count). The average Bonchev–Trinajstić information content (AvgIpc) is 2.15. The third-order valence-electron chi connectivity index (χ3n) is 2.22. The molecule has 1 aromatic rings. The molecule has 0 radical (unpaired) electrons. The lowest BCUT2D eigenvalue weighted by atomic mass is 10.2. The maximum absolute atomic E-state index is 11.0. The molecule has 0 aliphatic carbocycles. The zero-order valence-corrected chi connectivity index (χ0v) is 10.3. The van der Waals surface area contributed by atoms with Crippen molar-refractivity contribution in [3.8, 4) is 0 Å². The minimum Gasteiger partial charge on any atom is -0.308 e. The predicted octanol–water partition coefficient (Wildman–Crippen LogP) is 1.25. The fourth-order valence-corrected chi connectivity index (χ4v) is 2.21. The molecule has 0 fully saturated rings. The Hall–Kier alpha value is -0.740. The molecule has 0 saturated carbocycles. The Balaban J connectivity index is 2.43. The van der Waals surface area contributed by atoms with Crippen LogP contribution < -0.4 is 5.32 Å². The third-order valence-corrected chi connectivity index (χ3v) is 3.19. The zero-order valence-electron chi connectivity index (χ0n) is 9.49. The lowest BCUT2D eigenvalue weighted by molar-refractivity contribution is 0.579. The molecule has 2 unspecified atom stereocenters. The Labute approximate surface area is 93.8 Å². The maximum Gasteiger partial charge on any atom is 0.0570 e. The number of hydrogen-bond acceptors (Lipinski definition) is 3. The van der Waals surface area contributed by atoms with Crippen LogP contribution in [0.3, 0.4) is 0 Å². The van der Waals surface area contributed by atoms with Crippen LogP contribution in [0.25, 0.3) is 0 Å². The molecule has 0 spiro atoms. The van der Waals surface area contributed by atoms with Crippen LogP contribution in [0.2, 0.25) is 0 Å². The molecule has 0 aromatic carbocycles. The number of nitrogens with one attached hydrogen (secondary N) is 1. The standard InChI is InChI=1S/C11H18N2OS/c1-9-5-4-6-12-11(9)7-13-10(2)8-15(3)14/h4-6,10,13H,7-8H2,1-3H3. The summed E-state index contributed by atoms with van der Waals surface area (Å²) in [5.74, 6) is 0.686. The Bertz CT molecular complexity index is 341. The zero-order chi connectivity index (χ0) is 11.3. The fraction of sp³-hybridized carbons (Fsp3) is 0.545. The quantitative estimate of drug-likeness (QED) is 0.821. The largest absolute Gasteiger partial charge is 0.308 e. The molecule has 2 atom stereocenters. The van der Waals surface area contributed by atoms with E-state index in [1.165, 1.54) is 5.56 Å². The Kier molecular flexibility index (Phi) is 4.91. The van der Waals surface area contributed by atoms with Crippen LogP contribution in [-0.4, -0.2) is 27.2 Å². The Morgan fingerprint density at radius 2 is 2.33 bits per heavy atom. The molecule has 0 aliphatic heterocycles. The van der Waals surface area contributed by atoms with E-state index in [2.05, 4.69) is 10.3 Å². The molecule has 0 bridgehead atoms. The summed E-state index contributed by atoms with van der Waals surface area (Å²) in [6.45, 7) is 4.83. The summed E-state index contributed by atoms with van der Waals surface area (Å²) >= 11 is 0. The van der Waals surface area contributed by atoms with Gasteiger partial charge in [-0.2, -0.15) is 0 Å². The van der Waals surface area contributed by atoms with Crippen LogP contribution in [0, 0.1) is 6.92 Å². The molecule has 1 aromatic heterocycles. The van der Waals surface area contributed by atoms with Crippen molar-refractivity contribution in [2.45, 2.75) is 26.4 Å². The SMILES string of the molecule is Cc1cccnc1CNC(C)CS(C)=O. The van der Waals surface area contributed by atoms with Crippen LogP contribution in [-0.2, 0) is 17.3 Å². The summed E-state index contributed by atoms with van der Waals surface area (Å²) in [5.41, 5.74) is 2.25. The molecule has 0 saturated heterocycles. The van der Waals surface area contributed by atoms with Crippen LogP contribution in [0.4, 0.5) is 0 Å². The number of hydrogen-bond donors (Lipinski definition) is 1. The van der Waals surface area contributed by atoms with Gasteiger partial charge in [-0.1, -0.05) is 6.07 Å². The van der Waals surface area contributed by atoms with E-state index >= 15 is 0 Å². The van der Waals surface area contributed by atoms with Gasteiger partial charge >= 0.3 is 0 Å². The van der Waals surface area contributed by atoms with Gasteiger partial charge in [-0.15, -0.1) is 0 Å². The monoisotopic (exact) mass is 226 g/mol. The number of pyridine rings is 1. The van der Waals surface area contributed by atoms with E-state index in [1.54, 1.807) is 12.5 Å². The molecule has 1 N–H and O–H groups in total. The number of aryl methyl sites for hydroxylation is 1. The van der Waals surface area contributed by atoms with Crippen molar-refractivity contribution in [2.24, 2.45) is 0 Å². The van der Waals surface area contributed by atoms with Gasteiger partial charge in [0.2, 0.25) is 0 Å². The Morgan fingerprint density at radius 3 is 2.93 bits per heavy atom. The van der Waals surface area contributed by atoms with E-state index in [4.69, 9.17) is 0 Å². The predicted molar refractivity (Wildman–Crippen MR) is 64.2 cm³/mol. The normalized spacial score (nSPS) is 14.9. The van der Waals surface area contributed by atoms with Gasteiger partial charge in [-0.05, 0) is 25.5 Å². The van der Waals surface area contributed by atoms with Crippen LogP contribution >= 0.6 is 0 Å². The van der Waals surface area contributed by atoms with Gasteiger partial charge in [0.05, 0.1) is 5.69 Å². The second-order valence-corrected chi connectivity index (χ2v) is 5.27. The molecule has 0 aliphatic rings. The highest BCUT2D eigenvalue weighted by atomic mass is 32.2. The summed E-state index contributed by atoms with van der Waals surface area (Å²) < 4.78 is 11.0. The van der Waals surface area contributed by atoms with Crippen molar-refractivity contribution in [3.05, 3.63) is 29.6 Å². The van der Waals surface area contributed by atoms with Crippen molar-refractivity contribution in [1.29, 1.82) is 0 Å². The highest BCUT2D eigenvalue weighted by molar-refractivity contribution is 7.84. The van der Waals surface area contributed by atoms with Gasteiger partial charge in [0, 0.05) is 41.6 Å². The second-order valence-electron chi connectivity index (χ2n) is 3.79. The first-order valence-electron chi connectivity index (χ1n) is 5.03. The molecule has 3 nitrogen and oxygen atoms in total. The first kappa shape index (κ1) is 12.3. The van der Waals surface area contributed by atoms with Gasteiger partial charge in [-0.25, -0.2) is 0 Å². The van der Waals surface area contributed by atoms with Gasteiger partial charge in [0.25, 0.3) is 0 Å². The van der Waals surface area contributed by atoms with E-state index in [9.17, 15) is 4.21 Å². The van der Waals surface area contributed by atoms with E-state index < -0.39 is 10.8 Å². The van der Waals surface area contributed by atoms with E-state index in [1.807, 2.05) is 26.0 Å². The maximum atomic E-state index is 11.0. The first-order chi connectivity index (χ1) is 7.09. The first-order valence-corrected chi connectivity index (χ1v) is 6.76. The molecule has 4 heteroatoms. The fourth-order valence-electron chi connectivity index (χ4n) is 1.39. The molecular formula is C11H18N2OS. The van der Waals surface area contributed by atoms with Gasteiger partial charge in [-0.3, -0.25) is 9.19 Å². The van der Waals surface area contributed by atoms with Crippen LogP contribution in [0.15, 0.2) is 18.3 Å². The number of rotatable bonds is 5. The van der Waals surface area contributed by atoms with Crippen LogP contribution in [0.1, 0.15) is 18.2 Å². The van der Waals surface area contributed by atoms with E-state index in [-0.39, 0.29) is 6.04 Å². The summed E-state index contributed by atoms with van der Waals surface area (Å²) in [5, 5.41) is 3.32. The molecular weight excluding hydrogens is 208 g/mol. The smallest absolute Gasteiger partial charge is 0.0570 e. The van der Waals surface area contributed by atoms with E-state index in [0.717, 1.165) is 12.2 Å². The summed E-state index contributed by atoms with van der Waals surface area (Å²) in [7, 11) is -0.742. The number of nitrogens with zero attached hydrogens (tertiary/aromatic N) is 1. The highest BCUT2D eigenvalue weighted by Crippen LogP contribution is 2.02. The molecule has 1 heterocycles. The highest BCUT2D eigenvalue weighted by Gasteiger charge is 2.05. The van der Waals surface area contributed by atoms with Crippen molar-refractivity contribution in [3.63, 3.8) is 0 Å². The minimum atomic E-state index is -0.742. The molecule has 84 valence electrons. The average molecular weight is 226 g/mol. The molecule has 15 heavy (non-hydrogen) atoms. The van der Waals surface area contributed by atoms with Gasteiger partial charge in [0.15, 0.2) is 0 Å². The number of aromatic nitrogens is 1. The lowest BCUT2D eigenvalue weighted by Crippen LogP contribution is -2.31. The van der Waals surface area contributed by atoms with Crippen molar-refractivity contribution >= 4 is 10.8 Å². The van der Waals surface area contributed by atoms with Crippen LogP contribution in [0.5, 0.6) is 0 Å². The minimum absolute atomic E-state index is 0.261. The third kappa shape index (κ3) is 4.53. The Morgan fingerprint density at radius 1 is 1.60 bits per heavy atom. The summed E-state index contributed by atoms with van der Waals surface area (Å²) in [6.07, 6.45) is 3.52. The van der Waals surface area contributed by atoms with Crippen molar-refractivity contribution in [2.75, 3.05) is 12.0 Å². The summed E-state index contributed by atoms with van der Waals surface area (Å²) in [4.78, 5) is 4.29. The van der Waals surface area contributed by atoms with Crippen molar-refractivity contribution < 1.29 is 4.21 Å². The lowest BCUT2D eigenvalue weighted by Gasteiger charge is -2.12. The van der Waals surface area contributed by atoms with E-state index in [0.29, 0.717) is 5.75 Å².